The lowest BCUT2D eigenvalue weighted by Crippen LogP contribution is -2.35. The van der Waals surface area contributed by atoms with Gasteiger partial charge in [-0.05, 0) is 82.5 Å². The molecule has 0 spiro atoms. The maximum Gasteiger partial charge on any atom is 0.278 e. The van der Waals surface area contributed by atoms with Crippen LogP contribution < -0.4 is 10.1 Å². The van der Waals surface area contributed by atoms with Crippen molar-refractivity contribution in [2.24, 2.45) is 0 Å². The van der Waals surface area contributed by atoms with Crippen LogP contribution in [0.1, 0.15) is 44.4 Å². The molecule has 0 saturated carbocycles. The Hall–Kier alpha value is -3.12. The molecular formula is C26H32N2O4. The Labute approximate surface area is 190 Å². The number of nitrogens with one attached hydrogen (secondary N) is 1. The van der Waals surface area contributed by atoms with Crippen LogP contribution in [0.4, 0.5) is 5.69 Å². The first-order chi connectivity index (χ1) is 15.2. The van der Waals surface area contributed by atoms with E-state index in [0.29, 0.717) is 23.5 Å². The molecule has 170 valence electrons. The Morgan fingerprint density at radius 2 is 1.50 bits per heavy atom. The van der Waals surface area contributed by atoms with Gasteiger partial charge < -0.3 is 14.8 Å². The minimum absolute atomic E-state index is 0.0246. The molecule has 0 unspecified atom stereocenters. The van der Waals surface area contributed by atoms with Gasteiger partial charge in [0.1, 0.15) is 11.4 Å². The van der Waals surface area contributed by atoms with E-state index in [1.54, 1.807) is 0 Å². The molecule has 1 aliphatic heterocycles. The van der Waals surface area contributed by atoms with Gasteiger partial charge in [-0.2, -0.15) is 0 Å². The first-order valence-corrected chi connectivity index (χ1v) is 11.0. The summed E-state index contributed by atoms with van der Waals surface area (Å²) in [6, 6.07) is 13.2. The number of rotatable bonds is 9. The van der Waals surface area contributed by atoms with Crippen molar-refractivity contribution in [2.45, 2.75) is 53.8 Å². The van der Waals surface area contributed by atoms with Crippen LogP contribution in [0.15, 0.2) is 48.2 Å². The molecule has 0 aliphatic carbocycles. The van der Waals surface area contributed by atoms with Gasteiger partial charge in [0.25, 0.3) is 11.8 Å². The highest BCUT2D eigenvalue weighted by Crippen LogP contribution is 2.32. The normalized spacial score (nSPS) is 14.2. The highest BCUT2D eigenvalue weighted by molar-refractivity contribution is 6.36. The molecule has 1 N–H and O–H groups in total. The summed E-state index contributed by atoms with van der Waals surface area (Å²) in [5, 5.41) is 3.22. The number of anilines is 1. The van der Waals surface area contributed by atoms with Crippen molar-refractivity contribution in [1.82, 2.24) is 4.90 Å². The lowest BCUT2D eigenvalue weighted by atomic mass is 10.0. The number of carbonyl (C=O) groups is 2. The van der Waals surface area contributed by atoms with Crippen LogP contribution in [-0.4, -0.2) is 42.1 Å². The molecule has 1 aliphatic rings. The van der Waals surface area contributed by atoms with E-state index in [4.69, 9.17) is 9.47 Å². The van der Waals surface area contributed by atoms with E-state index in [2.05, 4.69) is 11.4 Å². The Bertz CT molecular complexity index is 1000. The zero-order chi connectivity index (χ0) is 23.4. The number of carbonyl (C=O) groups excluding carboxylic acids is 2. The van der Waals surface area contributed by atoms with Crippen LogP contribution in [0, 0.1) is 13.8 Å². The Morgan fingerprint density at radius 1 is 0.875 bits per heavy atom. The van der Waals surface area contributed by atoms with E-state index in [9.17, 15) is 9.59 Å². The third-order valence-electron chi connectivity index (χ3n) is 4.94. The number of amides is 2. The fourth-order valence-electron chi connectivity index (χ4n) is 3.71. The minimum Gasteiger partial charge on any atom is -0.491 e. The van der Waals surface area contributed by atoms with Gasteiger partial charge in [-0.1, -0.05) is 18.2 Å². The first-order valence-electron chi connectivity index (χ1n) is 11.0. The first kappa shape index (κ1) is 23.5. The Kier molecular flexibility index (Phi) is 7.36. The molecule has 2 aromatic carbocycles. The fraction of sp³-hybridized carbons (Fsp3) is 0.385. The number of nitrogens with zero attached hydrogens (tertiary/aromatic N) is 1. The van der Waals surface area contributed by atoms with Crippen molar-refractivity contribution in [3.05, 3.63) is 64.9 Å². The van der Waals surface area contributed by atoms with Gasteiger partial charge >= 0.3 is 0 Å². The summed E-state index contributed by atoms with van der Waals surface area (Å²) < 4.78 is 11.3. The number of hydrogen-bond acceptors (Lipinski definition) is 5. The lowest BCUT2D eigenvalue weighted by molar-refractivity contribution is -0.137. The predicted octanol–water partition coefficient (Wildman–Crippen LogP) is 4.71. The molecule has 6 nitrogen and oxygen atoms in total. The van der Waals surface area contributed by atoms with E-state index in [1.165, 1.54) is 4.90 Å². The van der Waals surface area contributed by atoms with E-state index in [1.807, 2.05) is 77.9 Å². The monoisotopic (exact) mass is 436 g/mol. The summed E-state index contributed by atoms with van der Waals surface area (Å²) in [6.07, 6.45) is 0.0737. The molecule has 32 heavy (non-hydrogen) atoms. The molecule has 1 heterocycles. The van der Waals surface area contributed by atoms with Gasteiger partial charge in [0.15, 0.2) is 0 Å². The second-order valence-corrected chi connectivity index (χ2v) is 8.62. The molecule has 0 radical (unpaired) electrons. The molecule has 0 saturated heterocycles. The SMILES string of the molecule is Cc1cc(C)cc(NC2=C(c3ccc(OC(C)C)cc3)C(=O)N(CCOC(C)C)C2=O)c1. The maximum atomic E-state index is 13.3. The van der Waals surface area contributed by atoms with Crippen LogP contribution >= 0.6 is 0 Å². The summed E-state index contributed by atoms with van der Waals surface area (Å²) in [6.45, 7) is 12.2. The average Bonchev–Trinajstić information content (AvgIpc) is 2.91. The number of benzene rings is 2. The van der Waals surface area contributed by atoms with Crippen LogP contribution in [0.3, 0.4) is 0 Å². The standard InChI is InChI=1S/C26H32N2O4/c1-16(2)31-12-11-28-25(29)23(20-7-9-22(10-8-20)32-17(3)4)24(26(28)30)27-21-14-18(5)13-19(6)15-21/h7-10,13-17,27H,11-12H2,1-6H3. The Balaban J connectivity index is 1.97. The second-order valence-electron chi connectivity index (χ2n) is 8.62. The largest absolute Gasteiger partial charge is 0.491 e. The number of ether oxygens (including phenoxy) is 2. The van der Waals surface area contributed by atoms with Crippen molar-refractivity contribution in [3.63, 3.8) is 0 Å². The van der Waals surface area contributed by atoms with Crippen LogP contribution in [0.5, 0.6) is 5.75 Å². The van der Waals surface area contributed by atoms with Gasteiger partial charge in [-0.25, -0.2) is 0 Å². The third-order valence-corrected chi connectivity index (χ3v) is 4.94. The second kappa shape index (κ2) is 10.0. The van der Waals surface area contributed by atoms with Crippen molar-refractivity contribution in [2.75, 3.05) is 18.5 Å². The smallest absolute Gasteiger partial charge is 0.278 e. The summed E-state index contributed by atoms with van der Waals surface area (Å²) in [4.78, 5) is 27.8. The maximum absolute atomic E-state index is 13.3. The molecule has 3 rings (SSSR count). The van der Waals surface area contributed by atoms with Crippen molar-refractivity contribution in [1.29, 1.82) is 0 Å². The topological polar surface area (TPSA) is 67.9 Å². The summed E-state index contributed by atoms with van der Waals surface area (Å²) >= 11 is 0. The van der Waals surface area contributed by atoms with Gasteiger partial charge in [0.2, 0.25) is 0 Å². The summed E-state index contributed by atoms with van der Waals surface area (Å²) in [5.74, 6) is 0.0397. The Morgan fingerprint density at radius 3 is 2.06 bits per heavy atom. The minimum atomic E-state index is -0.348. The van der Waals surface area contributed by atoms with Crippen molar-refractivity contribution in [3.8, 4) is 5.75 Å². The molecule has 2 amide bonds. The summed E-state index contributed by atoms with van der Waals surface area (Å²) in [7, 11) is 0. The zero-order valence-electron chi connectivity index (χ0n) is 19.7. The lowest BCUT2D eigenvalue weighted by Gasteiger charge is -2.16. The average molecular weight is 437 g/mol. The van der Waals surface area contributed by atoms with E-state index in [-0.39, 0.29) is 36.3 Å². The van der Waals surface area contributed by atoms with Crippen molar-refractivity contribution < 1.29 is 19.1 Å². The highest BCUT2D eigenvalue weighted by atomic mass is 16.5. The summed E-state index contributed by atoms with van der Waals surface area (Å²) in [5.41, 5.74) is 4.22. The quantitative estimate of drug-likeness (QED) is 0.577. The van der Waals surface area contributed by atoms with E-state index < -0.39 is 0 Å². The molecule has 0 atom stereocenters. The zero-order valence-corrected chi connectivity index (χ0v) is 19.7. The molecule has 6 heteroatoms. The van der Waals surface area contributed by atoms with Gasteiger partial charge in [-0.3, -0.25) is 14.5 Å². The number of aryl methyl sites for hydroxylation is 2. The van der Waals surface area contributed by atoms with E-state index >= 15 is 0 Å². The molecule has 0 aromatic heterocycles. The molecular weight excluding hydrogens is 404 g/mol. The van der Waals surface area contributed by atoms with Crippen molar-refractivity contribution >= 4 is 23.1 Å². The molecule has 0 fully saturated rings. The number of hydrogen-bond donors (Lipinski definition) is 1. The van der Waals surface area contributed by atoms with Crippen LogP contribution in [0.25, 0.3) is 5.57 Å². The van der Waals surface area contributed by atoms with Gasteiger partial charge in [-0.15, -0.1) is 0 Å². The van der Waals surface area contributed by atoms with Gasteiger partial charge in [0.05, 0.1) is 30.9 Å². The molecule has 2 aromatic rings. The van der Waals surface area contributed by atoms with Gasteiger partial charge in [0, 0.05) is 5.69 Å². The highest BCUT2D eigenvalue weighted by Gasteiger charge is 2.39. The third kappa shape index (κ3) is 5.56. The van der Waals surface area contributed by atoms with E-state index in [0.717, 1.165) is 16.8 Å². The van der Waals surface area contributed by atoms with Crippen LogP contribution in [0.2, 0.25) is 0 Å². The number of imide groups is 1. The fourth-order valence-corrected chi connectivity index (χ4v) is 3.71. The van der Waals surface area contributed by atoms with Crippen LogP contribution in [-0.2, 0) is 14.3 Å². The molecule has 0 bridgehead atoms. The predicted molar refractivity (Wildman–Crippen MR) is 126 cm³/mol.